The van der Waals surface area contributed by atoms with Gasteiger partial charge in [-0.15, -0.1) is 0 Å². The molecule has 0 saturated carbocycles. The maximum absolute atomic E-state index is 12.8. The van der Waals surface area contributed by atoms with Gasteiger partial charge < -0.3 is 4.42 Å². The van der Waals surface area contributed by atoms with Crippen molar-refractivity contribution in [1.29, 1.82) is 0 Å². The number of hydrogen-bond donors (Lipinski definition) is 0. The van der Waals surface area contributed by atoms with Crippen LogP contribution in [0.25, 0.3) is 22.6 Å². The molecular formula is C16H12F3NO2. The molecule has 0 radical (unpaired) electrons. The Hall–Kier alpha value is -2.37. The molecule has 22 heavy (non-hydrogen) atoms. The van der Waals surface area contributed by atoms with E-state index in [2.05, 4.69) is 4.98 Å². The molecular weight excluding hydrogens is 295 g/mol. The fourth-order valence-corrected chi connectivity index (χ4v) is 2.44. The molecule has 1 aromatic rings. The minimum atomic E-state index is -4.44. The summed E-state index contributed by atoms with van der Waals surface area (Å²) in [7, 11) is 0. The molecule has 1 aromatic carbocycles. The zero-order chi connectivity index (χ0) is 16.2. The number of aromatic nitrogens is 1. The first kappa shape index (κ1) is 14.6. The van der Waals surface area contributed by atoms with E-state index in [1.807, 2.05) is 0 Å². The molecule has 3 nitrogen and oxygen atoms in total. The highest BCUT2D eigenvalue weighted by Crippen LogP contribution is 2.34. The molecule has 0 N–H and O–H groups in total. The summed E-state index contributed by atoms with van der Waals surface area (Å²) >= 11 is 0. The number of benzene rings is 2. The van der Waals surface area contributed by atoms with Gasteiger partial charge in [0.1, 0.15) is 11.2 Å². The molecule has 0 fully saturated rings. The lowest BCUT2D eigenvalue weighted by Gasteiger charge is -2.14. The van der Waals surface area contributed by atoms with Crippen LogP contribution in [0, 0.1) is 20.8 Å². The van der Waals surface area contributed by atoms with E-state index in [1.165, 1.54) is 6.07 Å². The molecule has 0 unspecified atom stereocenters. The van der Waals surface area contributed by atoms with Gasteiger partial charge in [-0.2, -0.15) is 13.2 Å². The molecule has 1 aliphatic carbocycles. The largest absolute Gasteiger partial charge is 0.452 e. The standard InChI is InChI=1S/C16H12F3NO2/c1-7-8(2)14(21)9(3)15-13(7)20-11-6-10(16(17,18)19)4-5-12(11)22-15/h4-6H,1-3H3. The molecule has 0 spiro atoms. The average molecular weight is 307 g/mol. The van der Waals surface area contributed by atoms with Gasteiger partial charge >= 0.3 is 6.18 Å². The number of fused-ring (bicyclic) bond motifs is 2. The highest BCUT2D eigenvalue weighted by Gasteiger charge is 2.31. The second-order valence-electron chi connectivity index (χ2n) is 5.28. The van der Waals surface area contributed by atoms with E-state index in [4.69, 9.17) is 4.42 Å². The van der Waals surface area contributed by atoms with Crippen LogP contribution in [0.3, 0.4) is 0 Å². The summed E-state index contributed by atoms with van der Waals surface area (Å²) in [5, 5.41) is 0. The van der Waals surface area contributed by atoms with Crippen LogP contribution >= 0.6 is 0 Å². The van der Waals surface area contributed by atoms with Gasteiger partial charge in [-0.05, 0) is 44.5 Å². The Bertz CT molecular complexity index is 925. The third kappa shape index (κ3) is 2.06. The minimum absolute atomic E-state index is 0.114. The van der Waals surface area contributed by atoms with E-state index in [-0.39, 0.29) is 16.5 Å². The predicted octanol–water partition coefficient (Wildman–Crippen LogP) is 4.24. The molecule has 6 heteroatoms. The van der Waals surface area contributed by atoms with Gasteiger partial charge in [0.25, 0.3) is 0 Å². The van der Waals surface area contributed by atoms with Gasteiger partial charge in [0.15, 0.2) is 16.8 Å². The summed E-state index contributed by atoms with van der Waals surface area (Å²) in [6.07, 6.45) is -4.44. The highest BCUT2D eigenvalue weighted by atomic mass is 19.4. The van der Waals surface area contributed by atoms with Crippen LogP contribution < -0.4 is 5.43 Å². The Labute approximate surface area is 123 Å². The van der Waals surface area contributed by atoms with Crippen molar-refractivity contribution in [3.05, 3.63) is 50.7 Å². The molecule has 0 bridgehead atoms. The molecule has 1 heterocycles. The summed E-state index contributed by atoms with van der Waals surface area (Å²) < 4.78 is 44.0. The second-order valence-corrected chi connectivity index (χ2v) is 5.28. The van der Waals surface area contributed by atoms with Crippen molar-refractivity contribution in [3.8, 4) is 11.5 Å². The smallest absolute Gasteiger partial charge is 0.416 e. The highest BCUT2D eigenvalue weighted by molar-refractivity contribution is 5.79. The summed E-state index contributed by atoms with van der Waals surface area (Å²) in [4.78, 5) is 16.4. The van der Waals surface area contributed by atoms with Crippen LogP contribution in [0.4, 0.5) is 13.2 Å². The Morgan fingerprint density at radius 3 is 2.36 bits per heavy atom. The fourth-order valence-electron chi connectivity index (χ4n) is 2.44. The van der Waals surface area contributed by atoms with Gasteiger partial charge in [-0.3, -0.25) is 4.79 Å². The van der Waals surface area contributed by atoms with E-state index in [1.54, 1.807) is 20.8 Å². The zero-order valence-corrected chi connectivity index (χ0v) is 12.1. The molecule has 3 rings (SSSR count). The molecule has 114 valence electrons. The van der Waals surface area contributed by atoms with Crippen LogP contribution in [-0.4, -0.2) is 4.98 Å². The first-order valence-corrected chi connectivity index (χ1v) is 6.61. The minimum Gasteiger partial charge on any atom is -0.452 e. The van der Waals surface area contributed by atoms with Crippen LogP contribution in [0.15, 0.2) is 27.4 Å². The van der Waals surface area contributed by atoms with Gasteiger partial charge in [-0.25, -0.2) is 4.98 Å². The monoisotopic (exact) mass is 307 g/mol. The fraction of sp³-hybridized carbons (Fsp3) is 0.250. The summed E-state index contributed by atoms with van der Waals surface area (Å²) in [5.41, 5.74) is 1.38. The lowest BCUT2D eigenvalue weighted by molar-refractivity contribution is -0.137. The Morgan fingerprint density at radius 1 is 1.05 bits per heavy atom. The Kier molecular flexibility index (Phi) is 3.02. The number of alkyl halides is 3. The van der Waals surface area contributed by atoms with E-state index in [0.29, 0.717) is 28.1 Å². The van der Waals surface area contributed by atoms with Crippen LogP contribution in [0.1, 0.15) is 22.3 Å². The van der Waals surface area contributed by atoms with Gasteiger partial charge in [-0.1, -0.05) is 0 Å². The van der Waals surface area contributed by atoms with E-state index in [0.717, 1.165) is 12.1 Å². The van der Waals surface area contributed by atoms with E-state index in [9.17, 15) is 18.0 Å². The Morgan fingerprint density at radius 2 is 1.73 bits per heavy atom. The summed E-state index contributed by atoms with van der Waals surface area (Å²) in [6, 6.07) is 3.12. The molecule has 0 saturated heterocycles. The quantitative estimate of drug-likeness (QED) is 0.584. The summed E-state index contributed by atoms with van der Waals surface area (Å²) in [5.74, 6) is 0.320. The van der Waals surface area contributed by atoms with Crippen molar-refractivity contribution in [1.82, 2.24) is 4.98 Å². The van der Waals surface area contributed by atoms with Crippen LogP contribution in [0.5, 0.6) is 0 Å². The third-order valence-corrected chi connectivity index (χ3v) is 3.89. The topological polar surface area (TPSA) is 43.1 Å². The van der Waals surface area contributed by atoms with Crippen molar-refractivity contribution < 1.29 is 17.6 Å². The predicted molar refractivity (Wildman–Crippen MR) is 76.1 cm³/mol. The molecule has 2 aliphatic rings. The van der Waals surface area contributed by atoms with Crippen molar-refractivity contribution in [2.75, 3.05) is 0 Å². The van der Waals surface area contributed by atoms with E-state index >= 15 is 0 Å². The van der Waals surface area contributed by atoms with Crippen LogP contribution in [0.2, 0.25) is 0 Å². The molecule has 0 amide bonds. The maximum Gasteiger partial charge on any atom is 0.416 e. The normalized spacial score (nSPS) is 12.3. The number of hydrogen-bond acceptors (Lipinski definition) is 3. The maximum atomic E-state index is 12.8. The second kappa shape index (κ2) is 4.56. The molecule has 0 aromatic heterocycles. The first-order chi connectivity index (χ1) is 10.2. The number of halogens is 3. The van der Waals surface area contributed by atoms with Crippen molar-refractivity contribution >= 4 is 11.1 Å². The van der Waals surface area contributed by atoms with Gasteiger partial charge in [0.05, 0.1) is 5.56 Å². The van der Waals surface area contributed by atoms with Crippen LogP contribution in [-0.2, 0) is 6.18 Å². The van der Waals surface area contributed by atoms with Crippen molar-refractivity contribution in [3.63, 3.8) is 0 Å². The van der Waals surface area contributed by atoms with Crippen molar-refractivity contribution in [2.45, 2.75) is 26.9 Å². The van der Waals surface area contributed by atoms with Gasteiger partial charge in [0, 0.05) is 11.1 Å². The number of nitrogens with zero attached hydrogens (tertiary/aromatic N) is 1. The molecule has 0 atom stereocenters. The van der Waals surface area contributed by atoms with Crippen molar-refractivity contribution in [2.24, 2.45) is 0 Å². The number of rotatable bonds is 0. The lowest BCUT2D eigenvalue weighted by atomic mass is 9.99. The Balaban J connectivity index is 2.43. The van der Waals surface area contributed by atoms with Gasteiger partial charge in [0.2, 0.25) is 0 Å². The average Bonchev–Trinajstić information content (AvgIpc) is 2.48. The molecule has 1 aliphatic heterocycles. The SMILES string of the molecule is Cc1c2nc3cc(C(F)(F)F)ccc3oc-2c(C)c(=O)c1C. The summed E-state index contributed by atoms with van der Waals surface area (Å²) in [6.45, 7) is 5.00. The van der Waals surface area contributed by atoms with E-state index < -0.39 is 11.7 Å². The first-order valence-electron chi connectivity index (χ1n) is 6.61. The third-order valence-electron chi connectivity index (χ3n) is 3.89. The zero-order valence-electron chi connectivity index (χ0n) is 12.1. The lowest BCUT2D eigenvalue weighted by Crippen LogP contribution is -2.14.